The van der Waals surface area contributed by atoms with Crippen LogP contribution in [0, 0.1) is 5.41 Å². The topological polar surface area (TPSA) is 487 Å². The standard InChI is InChI=1S/C16H19N3O3.2C15H15F2N3O3.C15H16FN3O3.C14H15N3O3.C13H13N3O3.2CH4/c1-16(2)6-9(7-16)10-4-12(18-19-15(10)22-3)11-8-17-14(21)5-13(11)20;2*1-23-14-9(8-2-3-15(16,17)6-8)4-11(19-20-14)10-7-18-13(22)5-12(10)21;1-15(16)5-8(6-15)9-3-11(18-19-14(9)22-2)10-7-17-13(21)4-12(10)20;1-20-14-9(8-3-2-4-8)5-11(16-17-14)10-7-15-13(19)6-12(10)18;1-19-13-8(7-2-3-7)4-10(15-16-13)9-6-14-12(18)5-11(9)17;;/h4,8-9H,5-7H2,1-3H3,(H,17,21);2*4,7-8H,2-3,5-6H2,1H3,(H,18,22);3,7-8H,4-6H2,1-2H3,(H,17,21);5,7-8H,2-4,6H2,1H3,(H,15,19);4,6-7H,2-3,5H2,1H3,(H,14,18);2*1H4. The Bertz CT molecular complexity index is 5490. The molecule has 12 aliphatic rings. The highest BCUT2D eigenvalue weighted by Crippen LogP contribution is 2.54. The number of aromatic nitrogens is 12. The normalized spacial score (nSPS) is 22.1. The van der Waals surface area contributed by atoms with E-state index in [1.165, 1.54) is 64.9 Å². The lowest BCUT2D eigenvalue weighted by atomic mass is 9.62. The number of ketones is 6. The van der Waals surface area contributed by atoms with Gasteiger partial charge in [-0.25, -0.2) is 22.0 Å². The van der Waals surface area contributed by atoms with Gasteiger partial charge in [0.2, 0.25) is 82.6 Å². The SMILES string of the molecule is C.C.COc1nnc(C2=CNC(=O)CC2=O)cc1C1CC(C)(C)C1.COc1nnc(C2=CNC(=O)CC2=O)cc1C1CC(C)(F)C1.COc1nnc(C2=CNC(=O)CC2=O)cc1C1CC1.COc1nnc(C2=CNC(=O)CC2=O)cc1C1CCC(F)(F)C1.COc1nnc(C2=CNC(=O)CC2=O)cc1C1CCC(F)(F)C1.COc1nnc(C2=CNC(=O)CC2=O)cc1C1CCC1. The molecule has 6 fully saturated rings. The van der Waals surface area contributed by atoms with Crippen molar-refractivity contribution in [1.29, 1.82) is 0 Å². The summed E-state index contributed by atoms with van der Waals surface area (Å²) in [5, 5.41) is 62.9. The van der Waals surface area contributed by atoms with Crippen molar-refractivity contribution < 1.29 is 108 Å². The lowest BCUT2D eigenvalue weighted by molar-refractivity contribution is -0.127. The number of halogens is 5. The second kappa shape index (κ2) is 41.3. The Morgan fingerprint density at radius 1 is 0.275 bits per heavy atom. The minimum atomic E-state index is -2.70. The van der Waals surface area contributed by atoms with Crippen LogP contribution in [0.1, 0.15) is 274 Å². The average molecular weight is 1820 g/mol. The molecule has 6 aromatic rings. The third-order valence-corrected chi connectivity index (χ3v) is 23.6. The summed E-state index contributed by atoms with van der Waals surface area (Å²) in [6.45, 7) is 6.02. The Morgan fingerprint density at radius 2 is 0.481 bits per heavy atom. The van der Waals surface area contributed by atoms with Crippen LogP contribution in [0.2, 0.25) is 0 Å². The smallest absolute Gasteiger partial charge is 0.248 e. The molecular weight excluding hydrogens is 1720 g/mol. The molecule has 0 saturated heterocycles. The fraction of sp³-hybridized carbons (Fsp3) is 0.467. The number of hydrogen-bond donors (Lipinski definition) is 6. The van der Waals surface area contributed by atoms with Crippen LogP contribution < -0.4 is 60.3 Å². The minimum absolute atomic E-state index is 0. The first kappa shape index (κ1) is 97.8. The second-order valence-electron chi connectivity index (χ2n) is 33.8. The zero-order chi connectivity index (χ0) is 92.6. The number of nitrogens with zero attached hydrogens (tertiary/aromatic N) is 12. The molecular formula is C90H101F5N18O18. The highest BCUT2D eigenvalue weighted by molar-refractivity contribution is 6.30. The molecule has 6 aliphatic heterocycles. The minimum Gasteiger partial charge on any atom is -0.480 e. The van der Waals surface area contributed by atoms with E-state index in [1.54, 1.807) is 46.5 Å². The fourth-order valence-corrected chi connectivity index (χ4v) is 16.5. The van der Waals surface area contributed by atoms with Gasteiger partial charge in [0.15, 0.2) is 34.7 Å². The van der Waals surface area contributed by atoms with E-state index in [2.05, 4.69) is 107 Å². The Morgan fingerprint density at radius 3 is 0.649 bits per heavy atom. The molecule has 131 heavy (non-hydrogen) atoms. The van der Waals surface area contributed by atoms with Crippen LogP contribution in [0.15, 0.2) is 73.6 Å². The molecule has 0 radical (unpaired) electrons. The van der Waals surface area contributed by atoms with Gasteiger partial charge < -0.3 is 60.3 Å². The Kier molecular flexibility index (Phi) is 30.9. The van der Waals surface area contributed by atoms with Crippen molar-refractivity contribution >= 4 is 104 Å². The van der Waals surface area contributed by atoms with Gasteiger partial charge >= 0.3 is 0 Å². The van der Waals surface area contributed by atoms with E-state index in [1.807, 2.05) is 18.2 Å². The van der Waals surface area contributed by atoms with E-state index < -0.39 is 41.2 Å². The molecule has 694 valence electrons. The van der Waals surface area contributed by atoms with Crippen molar-refractivity contribution in [3.05, 3.63) is 141 Å². The quantitative estimate of drug-likeness (QED) is 0.0344. The number of methoxy groups -OCH3 is 6. The number of ether oxygens (including phenoxy) is 6. The number of rotatable bonds is 18. The maximum atomic E-state index is 13.7. The van der Waals surface area contributed by atoms with E-state index in [-0.39, 0.29) is 178 Å². The zero-order valence-electron chi connectivity index (χ0n) is 71.8. The van der Waals surface area contributed by atoms with Crippen LogP contribution in [0.5, 0.6) is 35.3 Å². The zero-order valence-corrected chi connectivity index (χ0v) is 71.8. The second-order valence-corrected chi connectivity index (χ2v) is 33.8. The molecule has 18 rings (SSSR count). The van der Waals surface area contributed by atoms with E-state index in [0.717, 1.165) is 60.8 Å². The monoisotopic (exact) mass is 1820 g/mol. The van der Waals surface area contributed by atoms with Gasteiger partial charge in [-0.3, -0.25) is 57.5 Å². The molecule has 6 N–H and O–H groups in total. The van der Waals surface area contributed by atoms with Crippen LogP contribution >= 0.6 is 0 Å². The van der Waals surface area contributed by atoms with Gasteiger partial charge in [0, 0.05) is 96.3 Å². The van der Waals surface area contributed by atoms with Crippen molar-refractivity contribution in [2.45, 2.75) is 223 Å². The summed E-state index contributed by atoms with van der Waals surface area (Å²) in [6, 6.07) is 10.4. The molecule has 36 nitrogen and oxygen atoms in total. The number of Topliss-reactive ketones (excluding diaryl/α,β-unsaturated/α-hetero) is 6. The lowest BCUT2D eigenvalue weighted by Crippen LogP contribution is -2.35. The van der Waals surface area contributed by atoms with Crippen LogP contribution in [0.25, 0.3) is 33.4 Å². The molecule has 2 atom stereocenters. The predicted molar refractivity (Wildman–Crippen MR) is 458 cm³/mol. The summed E-state index contributed by atoms with van der Waals surface area (Å²) >= 11 is 0. The number of carbonyl (C=O) groups excluding carboxylic acids is 12. The molecule has 6 aliphatic carbocycles. The van der Waals surface area contributed by atoms with Crippen LogP contribution in [0.3, 0.4) is 0 Å². The molecule has 6 amide bonds. The Labute approximate surface area is 749 Å². The third-order valence-electron chi connectivity index (χ3n) is 23.6. The molecule has 12 heterocycles. The molecule has 6 saturated carbocycles. The van der Waals surface area contributed by atoms with Gasteiger partial charge in [0.1, 0.15) is 5.67 Å². The van der Waals surface area contributed by atoms with Crippen LogP contribution in [-0.4, -0.2) is 191 Å². The number of hydrogen-bond acceptors (Lipinski definition) is 30. The number of alkyl halides is 5. The van der Waals surface area contributed by atoms with Gasteiger partial charge in [0.25, 0.3) is 0 Å². The van der Waals surface area contributed by atoms with Crippen molar-refractivity contribution in [3.63, 3.8) is 0 Å². The predicted octanol–water partition coefficient (Wildman–Crippen LogP) is 10.2. The van der Waals surface area contributed by atoms with Gasteiger partial charge in [-0.05, 0) is 148 Å². The Balaban J connectivity index is 0.000000151. The van der Waals surface area contributed by atoms with Gasteiger partial charge in [-0.1, -0.05) is 35.1 Å². The van der Waals surface area contributed by atoms with E-state index in [0.29, 0.717) is 129 Å². The molecule has 0 aromatic carbocycles. The van der Waals surface area contributed by atoms with E-state index in [4.69, 9.17) is 28.4 Å². The summed E-state index contributed by atoms with van der Waals surface area (Å²) in [6.07, 6.45) is 15.2. The fourth-order valence-electron chi connectivity index (χ4n) is 16.5. The summed E-state index contributed by atoms with van der Waals surface area (Å²) in [7, 11) is 8.96. The molecule has 0 spiro atoms. The molecule has 6 aromatic heterocycles. The average Bonchev–Trinajstić information content (AvgIpc) is 1.58. The number of allylic oxidation sites excluding steroid dienone is 6. The summed E-state index contributed by atoms with van der Waals surface area (Å²) < 4.78 is 98.9. The number of amides is 6. The van der Waals surface area contributed by atoms with Crippen molar-refractivity contribution in [3.8, 4) is 35.3 Å². The largest absolute Gasteiger partial charge is 0.480 e. The molecule has 0 bridgehead atoms. The maximum absolute atomic E-state index is 13.7. The first-order valence-corrected chi connectivity index (χ1v) is 41.6. The van der Waals surface area contributed by atoms with Gasteiger partial charge in [-0.15, -0.1) is 61.2 Å². The lowest BCUT2D eigenvalue weighted by Gasteiger charge is -2.43. The maximum Gasteiger partial charge on any atom is 0.248 e. The van der Waals surface area contributed by atoms with Gasteiger partial charge in [-0.2, -0.15) is 0 Å². The first-order chi connectivity index (χ1) is 61.4. The van der Waals surface area contributed by atoms with Crippen LogP contribution in [-0.2, 0) is 57.5 Å². The Hall–Kier alpha value is -13.8. The third kappa shape index (κ3) is 23.6. The molecule has 41 heteroatoms. The highest BCUT2D eigenvalue weighted by Gasteiger charge is 2.46. The highest BCUT2D eigenvalue weighted by atomic mass is 19.3. The van der Waals surface area contributed by atoms with Crippen molar-refractivity contribution in [2.24, 2.45) is 5.41 Å². The summed E-state index contributed by atoms with van der Waals surface area (Å²) in [4.78, 5) is 139. The van der Waals surface area contributed by atoms with Crippen LogP contribution in [0.4, 0.5) is 22.0 Å². The summed E-state index contributed by atoms with van der Waals surface area (Å²) in [5.74, 6) is -6.49. The van der Waals surface area contributed by atoms with Gasteiger partial charge in [0.05, 0.1) is 149 Å². The van der Waals surface area contributed by atoms with Crippen molar-refractivity contribution in [1.82, 2.24) is 93.1 Å². The summed E-state index contributed by atoms with van der Waals surface area (Å²) in [5.41, 5.74) is 8.17. The molecule has 2 unspecified atom stereocenters. The first-order valence-electron chi connectivity index (χ1n) is 41.6. The number of carbonyl (C=O) groups is 12. The number of nitrogens with one attached hydrogen (secondary N) is 6. The van der Waals surface area contributed by atoms with E-state index in [9.17, 15) is 79.5 Å². The van der Waals surface area contributed by atoms with Crippen molar-refractivity contribution in [2.75, 3.05) is 42.7 Å². The van der Waals surface area contributed by atoms with E-state index >= 15 is 0 Å².